The number of aromatic nitrogens is 1. The topological polar surface area (TPSA) is 105 Å². The summed E-state index contributed by atoms with van der Waals surface area (Å²) in [4.78, 5) is 37.0. The van der Waals surface area contributed by atoms with Crippen LogP contribution in [0.2, 0.25) is 0 Å². The Morgan fingerprint density at radius 2 is 1.84 bits per heavy atom. The number of carbonyl (C=O) groups is 3. The van der Waals surface area contributed by atoms with E-state index in [1.54, 1.807) is 42.2 Å². The number of hydrogen-bond acceptors (Lipinski definition) is 5. The highest BCUT2D eigenvalue weighted by atomic mass is 16.5. The average Bonchev–Trinajstić information content (AvgIpc) is 2.92. The molecule has 1 fully saturated rings. The first-order valence-corrected chi connectivity index (χ1v) is 7.83. The zero-order valence-electron chi connectivity index (χ0n) is 13.9. The van der Waals surface area contributed by atoms with E-state index in [2.05, 4.69) is 15.8 Å². The van der Waals surface area contributed by atoms with Gasteiger partial charge >= 0.3 is 0 Å². The zero-order chi connectivity index (χ0) is 18.0. The van der Waals surface area contributed by atoms with Crippen molar-refractivity contribution in [3.05, 3.63) is 41.8 Å². The smallest absolute Gasteiger partial charge is 0.276 e. The van der Waals surface area contributed by atoms with E-state index in [4.69, 9.17) is 4.52 Å². The lowest BCUT2D eigenvalue weighted by Gasteiger charge is -2.37. The van der Waals surface area contributed by atoms with Gasteiger partial charge in [0.05, 0.1) is 5.92 Å². The van der Waals surface area contributed by atoms with Crippen LogP contribution in [0.1, 0.15) is 23.2 Å². The third kappa shape index (κ3) is 3.85. The number of amides is 3. The van der Waals surface area contributed by atoms with E-state index in [1.807, 2.05) is 0 Å². The molecule has 8 heteroatoms. The van der Waals surface area contributed by atoms with Crippen molar-refractivity contribution in [2.24, 2.45) is 5.92 Å². The quantitative estimate of drug-likeness (QED) is 0.879. The number of nitrogens with zero attached hydrogens (tertiary/aromatic N) is 2. The Balaban J connectivity index is 1.54. The Morgan fingerprint density at radius 3 is 2.44 bits per heavy atom. The molecule has 25 heavy (non-hydrogen) atoms. The van der Waals surface area contributed by atoms with E-state index in [1.165, 1.54) is 6.92 Å². The minimum absolute atomic E-state index is 0.166. The number of nitrogens with one attached hydrogen (secondary N) is 2. The van der Waals surface area contributed by atoms with Crippen LogP contribution in [0.3, 0.4) is 0 Å². The lowest BCUT2D eigenvalue weighted by Crippen LogP contribution is -2.54. The van der Waals surface area contributed by atoms with Gasteiger partial charge in [-0.25, -0.2) is 0 Å². The molecule has 0 unspecified atom stereocenters. The first-order chi connectivity index (χ1) is 11.9. The van der Waals surface area contributed by atoms with E-state index in [-0.39, 0.29) is 29.3 Å². The second kappa shape index (κ2) is 6.76. The molecule has 1 aromatic heterocycles. The Morgan fingerprint density at radius 1 is 1.16 bits per heavy atom. The summed E-state index contributed by atoms with van der Waals surface area (Å²) in [6, 6.07) is 8.47. The minimum Gasteiger partial charge on any atom is -0.361 e. The van der Waals surface area contributed by atoms with Crippen LogP contribution >= 0.6 is 0 Å². The first-order valence-electron chi connectivity index (χ1n) is 7.83. The summed E-state index contributed by atoms with van der Waals surface area (Å²) in [6.45, 7) is 3.80. The van der Waals surface area contributed by atoms with Crippen molar-refractivity contribution in [2.45, 2.75) is 13.8 Å². The monoisotopic (exact) mass is 342 g/mol. The summed E-state index contributed by atoms with van der Waals surface area (Å²) < 4.78 is 4.89. The van der Waals surface area contributed by atoms with Crippen LogP contribution in [0, 0.1) is 12.8 Å². The van der Waals surface area contributed by atoms with Crippen molar-refractivity contribution in [1.82, 2.24) is 10.1 Å². The first kappa shape index (κ1) is 16.7. The summed E-state index contributed by atoms with van der Waals surface area (Å²) in [5, 5.41) is 9.15. The molecule has 0 bridgehead atoms. The van der Waals surface area contributed by atoms with Gasteiger partial charge in [0.1, 0.15) is 5.76 Å². The van der Waals surface area contributed by atoms with Gasteiger partial charge in [0, 0.05) is 37.5 Å². The van der Waals surface area contributed by atoms with Crippen LogP contribution < -0.4 is 10.6 Å². The second-order valence-corrected chi connectivity index (χ2v) is 5.98. The maximum Gasteiger partial charge on any atom is 0.276 e. The van der Waals surface area contributed by atoms with Crippen molar-refractivity contribution >= 4 is 29.1 Å². The van der Waals surface area contributed by atoms with Gasteiger partial charge in [-0.3, -0.25) is 14.4 Å². The van der Waals surface area contributed by atoms with Crippen LogP contribution in [0.5, 0.6) is 0 Å². The fourth-order valence-corrected chi connectivity index (χ4v) is 2.56. The molecule has 1 aliphatic heterocycles. The zero-order valence-corrected chi connectivity index (χ0v) is 13.9. The van der Waals surface area contributed by atoms with Gasteiger partial charge in [0.15, 0.2) is 5.69 Å². The Bertz CT molecular complexity index is 824. The predicted octanol–water partition coefficient (Wildman–Crippen LogP) is 1.65. The third-order valence-electron chi connectivity index (χ3n) is 3.84. The number of anilines is 2. The van der Waals surface area contributed by atoms with Crippen LogP contribution in [-0.2, 0) is 9.59 Å². The molecule has 0 spiro atoms. The number of hydrogen-bond donors (Lipinski definition) is 2. The van der Waals surface area contributed by atoms with E-state index >= 15 is 0 Å². The molecule has 130 valence electrons. The standard InChI is InChI=1S/C17H18N4O4/c1-10-6-15(20-25-10)17(24)21-8-12(9-21)16(23)19-14-5-3-4-13(7-14)18-11(2)22/h3-7,12H,8-9H2,1-2H3,(H,18,22)(H,19,23). The number of likely N-dealkylation sites (tertiary alicyclic amines) is 1. The van der Waals surface area contributed by atoms with E-state index < -0.39 is 0 Å². The summed E-state index contributed by atoms with van der Waals surface area (Å²) in [5.41, 5.74) is 1.45. The summed E-state index contributed by atoms with van der Waals surface area (Å²) in [6.07, 6.45) is 0. The summed E-state index contributed by atoms with van der Waals surface area (Å²) in [5.74, 6) is -0.299. The van der Waals surface area contributed by atoms with Crippen LogP contribution in [0.25, 0.3) is 0 Å². The average molecular weight is 342 g/mol. The highest BCUT2D eigenvalue weighted by molar-refractivity contribution is 5.98. The third-order valence-corrected chi connectivity index (χ3v) is 3.84. The maximum atomic E-state index is 12.3. The van der Waals surface area contributed by atoms with Crippen molar-refractivity contribution in [3.8, 4) is 0 Å². The fourth-order valence-electron chi connectivity index (χ4n) is 2.56. The maximum absolute atomic E-state index is 12.3. The van der Waals surface area contributed by atoms with E-state index in [0.29, 0.717) is 30.2 Å². The molecular weight excluding hydrogens is 324 g/mol. The van der Waals surface area contributed by atoms with E-state index in [9.17, 15) is 14.4 Å². The van der Waals surface area contributed by atoms with Crippen LogP contribution in [0.4, 0.5) is 11.4 Å². The normalized spacial score (nSPS) is 13.9. The highest BCUT2D eigenvalue weighted by Crippen LogP contribution is 2.22. The molecule has 1 saturated heterocycles. The van der Waals surface area contributed by atoms with Gasteiger partial charge in [-0.2, -0.15) is 0 Å². The van der Waals surface area contributed by atoms with Crippen molar-refractivity contribution in [1.29, 1.82) is 0 Å². The fraction of sp³-hybridized carbons (Fsp3) is 0.294. The van der Waals surface area contributed by atoms with E-state index in [0.717, 1.165) is 0 Å². The van der Waals surface area contributed by atoms with Crippen LogP contribution in [-0.4, -0.2) is 40.9 Å². The molecule has 0 radical (unpaired) electrons. The molecule has 1 aromatic carbocycles. The Labute approximate surface area is 144 Å². The van der Waals surface area contributed by atoms with Gasteiger partial charge in [-0.05, 0) is 25.1 Å². The van der Waals surface area contributed by atoms with Gasteiger partial charge in [0.25, 0.3) is 5.91 Å². The van der Waals surface area contributed by atoms with Crippen molar-refractivity contribution in [3.63, 3.8) is 0 Å². The molecule has 2 heterocycles. The van der Waals surface area contributed by atoms with Gasteiger partial charge in [-0.15, -0.1) is 0 Å². The molecule has 2 N–H and O–H groups in total. The molecule has 3 amide bonds. The molecule has 0 atom stereocenters. The lowest BCUT2D eigenvalue weighted by molar-refractivity contribution is -0.123. The number of aryl methyl sites for hydroxylation is 1. The number of carbonyl (C=O) groups excluding carboxylic acids is 3. The number of benzene rings is 1. The predicted molar refractivity (Wildman–Crippen MR) is 90.0 cm³/mol. The van der Waals surface area contributed by atoms with Gasteiger partial charge < -0.3 is 20.1 Å². The van der Waals surface area contributed by atoms with Crippen molar-refractivity contribution < 1.29 is 18.9 Å². The minimum atomic E-state index is -0.277. The molecule has 0 aliphatic carbocycles. The van der Waals surface area contributed by atoms with Gasteiger partial charge in [-0.1, -0.05) is 11.2 Å². The van der Waals surface area contributed by atoms with Crippen molar-refractivity contribution in [2.75, 3.05) is 23.7 Å². The summed E-state index contributed by atoms with van der Waals surface area (Å²) in [7, 11) is 0. The molecule has 2 aromatic rings. The van der Waals surface area contributed by atoms with Crippen LogP contribution in [0.15, 0.2) is 34.9 Å². The lowest BCUT2D eigenvalue weighted by atomic mass is 9.98. The Hall–Kier alpha value is -3.16. The molecule has 3 rings (SSSR count). The largest absolute Gasteiger partial charge is 0.361 e. The second-order valence-electron chi connectivity index (χ2n) is 5.98. The van der Waals surface area contributed by atoms with Gasteiger partial charge in [0.2, 0.25) is 11.8 Å². The summed E-state index contributed by atoms with van der Waals surface area (Å²) >= 11 is 0. The molecule has 8 nitrogen and oxygen atoms in total. The molecule has 0 saturated carbocycles. The SMILES string of the molecule is CC(=O)Nc1cccc(NC(=O)C2CN(C(=O)c3cc(C)on3)C2)c1. The Kier molecular flexibility index (Phi) is 4.51. The molecular formula is C17H18N4O4. The highest BCUT2D eigenvalue weighted by Gasteiger charge is 2.37. The molecule has 1 aliphatic rings. The number of rotatable bonds is 4.